The van der Waals surface area contributed by atoms with Gasteiger partial charge in [0.2, 0.25) is 5.58 Å². The van der Waals surface area contributed by atoms with Crippen LogP contribution in [-0.2, 0) is 27.3 Å². The zero-order valence-electron chi connectivity index (χ0n) is 18.5. The van der Waals surface area contributed by atoms with E-state index in [1.807, 2.05) is 24.3 Å². The van der Waals surface area contributed by atoms with Gasteiger partial charge in [-0.2, -0.15) is 0 Å². The summed E-state index contributed by atoms with van der Waals surface area (Å²) in [5, 5.41) is 3.45. The van der Waals surface area contributed by atoms with E-state index in [1.54, 1.807) is 12.1 Å². The molecule has 4 rings (SSSR count). The lowest BCUT2D eigenvalue weighted by molar-refractivity contribution is -0.149. The highest BCUT2D eigenvalue weighted by Gasteiger charge is 2.15. The molecule has 8 nitrogen and oxygen atoms in total. The molecule has 0 fully saturated rings. The Morgan fingerprint density at radius 2 is 1.88 bits per heavy atom. The summed E-state index contributed by atoms with van der Waals surface area (Å²) in [7, 11) is 0. The van der Waals surface area contributed by atoms with Gasteiger partial charge in [-0.05, 0) is 35.6 Å². The lowest BCUT2D eigenvalue weighted by Crippen LogP contribution is -2.32. The van der Waals surface area contributed by atoms with Crippen molar-refractivity contribution < 1.29 is 18.7 Å². The Balaban J connectivity index is 1.27. The zero-order valence-corrected chi connectivity index (χ0v) is 18.5. The molecule has 33 heavy (non-hydrogen) atoms. The second-order valence-electron chi connectivity index (χ2n) is 8.11. The van der Waals surface area contributed by atoms with Crippen LogP contribution in [0.15, 0.2) is 64.1 Å². The molecule has 0 saturated carbocycles. The third-order valence-corrected chi connectivity index (χ3v) is 5.40. The first-order valence-electron chi connectivity index (χ1n) is 10.8. The molecule has 0 spiro atoms. The number of ether oxygens (including phenoxy) is 1. The number of hydrogen-bond acceptors (Lipinski definition) is 6. The summed E-state index contributed by atoms with van der Waals surface area (Å²) in [6.45, 7) is 3.93. The van der Waals surface area contributed by atoms with Crippen molar-refractivity contribution >= 4 is 33.9 Å². The average Bonchev–Trinajstić information content (AvgIpc) is 3.19. The van der Waals surface area contributed by atoms with Gasteiger partial charge < -0.3 is 14.5 Å². The van der Waals surface area contributed by atoms with Gasteiger partial charge >= 0.3 is 5.97 Å². The van der Waals surface area contributed by atoms with Gasteiger partial charge in [0.15, 0.2) is 6.61 Å². The number of amides is 1. The van der Waals surface area contributed by atoms with Gasteiger partial charge in [-0.25, -0.2) is 4.98 Å². The van der Waals surface area contributed by atoms with Crippen molar-refractivity contribution in [2.75, 3.05) is 13.2 Å². The van der Waals surface area contributed by atoms with Crippen LogP contribution in [0.5, 0.6) is 0 Å². The van der Waals surface area contributed by atoms with Crippen LogP contribution in [0.2, 0.25) is 0 Å². The summed E-state index contributed by atoms with van der Waals surface area (Å²) < 4.78 is 11.7. The van der Waals surface area contributed by atoms with Crippen molar-refractivity contribution in [3.63, 3.8) is 0 Å². The lowest BCUT2D eigenvalue weighted by atomic mass is 10.0. The van der Waals surface area contributed by atoms with Crippen LogP contribution in [0, 0.1) is 0 Å². The molecule has 0 aliphatic rings. The molecule has 0 aliphatic heterocycles. The molecule has 8 heteroatoms. The molecule has 170 valence electrons. The lowest BCUT2D eigenvalue weighted by Gasteiger charge is -2.09. The first kappa shape index (κ1) is 22.3. The molecule has 4 aromatic rings. The second-order valence-corrected chi connectivity index (χ2v) is 8.11. The van der Waals surface area contributed by atoms with Crippen LogP contribution in [0.1, 0.15) is 30.9 Å². The number of nitrogens with one attached hydrogen (secondary N) is 1. The van der Waals surface area contributed by atoms with Crippen molar-refractivity contribution in [1.29, 1.82) is 0 Å². The smallest absolute Gasteiger partial charge is 0.326 e. The molecule has 2 aromatic heterocycles. The largest absolute Gasteiger partial charge is 0.454 e. The maximum Gasteiger partial charge on any atom is 0.326 e. The highest BCUT2D eigenvalue weighted by atomic mass is 16.5. The molecular formula is C25H25N3O5. The van der Waals surface area contributed by atoms with Crippen molar-refractivity contribution in [2.45, 2.75) is 32.7 Å². The number of esters is 1. The van der Waals surface area contributed by atoms with Crippen LogP contribution < -0.4 is 10.9 Å². The minimum atomic E-state index is -0.714. The van der Waals surface area contributed by atoms with Gasteiger partial charge in [0, 0.05) is 11.9 Å². The number of hydrogen-bond donors (Lipinski definition) is 1. The fraction of sp³-hybridized carbons (Fsp3) is 0.280. The molecule has 1 amide bonds. The SMILES string of the molecule is CC(C)c1ccc(CCNC(=O)COC(=O)Cn2cnc3c(oc4ccccc43)c2=O)cc1. The molecule has 0 saturated heterocycles. The minimum absolute atomic E-state index is 0.0747. The number of rotatable bonds is 8. The van der Waals surface area contributed by atoms with Crippen molar-refractivity contribution in [2.24, 2.45) is 0 Å². The Morgan fingerprint density at radius 3 is 2.64 bits per heavy atom. The van der Waals surface area contributed by atoms with Gasteiger partial charge in [0.25, 0.3) is 11.5 Å². The van der Waals surface area contributed by atoms with E-state index in [0.29, 0.717) is 30.0 Å². The highest BCUT2D eigenvalue weighted by Crippen LogP contribution is 2.24. The fourth-order valence-corrected chi connectivity index (χ4v) is 3.53. The topological polar surface area (TPSA) is 103 Å². The molecular weight excluding hydrogens is 422 g/mol. The Kier molecular flexibility index (Phi) is 6.53. The van der Waals surface area contributed by atoms with Gasteiger partial charge in [0.05, 0.1) is 6.33 Å². The predicted molar refractivity (Wildman–Crippen MR) is 124 cm³/mol. The van der Waals surface area contributed by atoms with E-state index in [1.165, 1.54) is 11.9 Å². The molecule has 2 aromatic carbocycles. The second kappa shape index (κ2) is 9.68. The number of para-hydroxylation sites is 1. The quantitative estimate of drug-likeness (QED) is 0.416. The molecule has 1 N–H and O–H groups in total. The number of fused-ring (bicyclic) bond motifs is 3. The van der Waals surface area contributed by atoms with Crippen LogP contribution in [0.3, 0.4) is 0 Å². The van der Waals surface area contributed by atoms with E-state index in [-0.39, 0.29) is 12.1 Å². The number of furan rings is 1. The number of carbonyl (C=O) groups is 2. The molecule has 0 aliphatic carbocycles. The van der Waals surface area contributed by atoms with Gasteiger partial charge in [-0.3, -0.25) is 19.0 Å². The molecule has 0 radical (unpaired) electrons. The first-order valence-corrected chi connectivity index (χ1v) is 10.8. The monoisotopic (exact) mass is 447 g/mol. The van der Waals surface area contributed by atoms with Crippen molar-refractivity contribution in [3.05, 3.63) is 76.3 Å². The Hall–Kier alpha value is -3.94. The number of carbonyl (C=O) groups excluding carboxylic acids is 2. The predicted octanol–water partition coefficient (Wildman–Crippen LogP) is 3.17. The third kappa shape index (κ3) is 5.11. The molecule has 0 atom stereocenters. The maximum absolute atomic E-state index is 12.6. The zero-order chi connectivity index (χ0) is 23.4. The average molecular weight is 447 g/mol. The van der Waals surface area contributed by atoms with Crippen LogP contribution >= 0.6 is 0 Å². The third-order valence-electron chi connectivity index (χ3n) is 5.40. The summed E-state index contributed by atoms with van der Waals surface area (Å²) in [6.07, 6.45) is 1.95. The highest BCUT2D eigenvalue weighted by molar-refractivity contribution is 6.01. The van der Waals surface area contributed by atoms with E-state index >= 15 is 0 Å². The standard InChI is InChI=1S/C25H25N3O5/c1-16(2)18-9-7-17(8-10-18)11-12-26-21(29)14-32-22(30)13-28-15-27-23-19-5-3-4-6-20(19)33-24(23)25(28)31/h3-10,15-16H,11-14H2,1-2H3,(H,26,29). The van der Waals surface area contributed by atoms with Gasteiger partial charge in [0.1, 0.15) is 17.6 Å². The normalized spacial score (nSPS) is 11.2. The number of aromatic nitrogens is 2. The van der Waals surface area contributed by atoms with E-state index in [2.05, 4.69) is 36.3 Å². The van der Waals surface area contributed by atoms with E-state index in [9.17, 15) is 14.4 Å². The van der Waals surface area contributed by atoms with Crippen LogP contribution in [0.25, 0.3) is 22.1 Å². The van der Waals surface area contributed by atoms with Gasteiger partial charge in [-0.1, -0.05) is 50.2 Å². The molecule has 2 heterocycles. The van der Waals surface area contributed by atoms with Gasteiger partial charge in [-0.15, -0.1) is 0 Å². The minimum Gasteiger partial charge on any atom is -0.454 e. The maximum atomic E-state index is 12.6. The number of benzene rings is 2. The van der Waals surface area contributed by atoms with Crippen LogP contribution in [0.4, 0.5) is 0 Å². The molecule has 0 bridgehead atoms. The number of nitrogens with zero attached hydrogens (tertiary/aromatic N) is 2. The summed E-state index contributed by atoms with van der Waals surface area (Å²) >= 11 is 0. The van der Waals surface area contributed by atoms with E-state index < -0.39 is 24.0 Å². The Labute approximate surface area is 190 Å². The first-order chi connectivity index (χ1) is 15.9. The molecule has 0 unspecified atom stereocenters. The summed E-state index contributed by atoms with van der Waals surface area (Å²) in [5.74, 6) is -0.644. The van der Waals surface area contributed by atoms with E-state index in [0.717, 1.165) is 15.5 Å². The Bertz CT molecular complexity index is 1350. The summed E-state index contributed by atoms with van der Waals surface area (Å²) in [6, 6.07) is 15.5. The van der Waals surface area contributed by atoms with Crippen molar-refractivity contribution in [1.82, 2.24) is 14.9 Å². The fourth-order valence-electron chi connectivity index (χ4n) is 3.53. The Morgan fingerprint density at radius 1 is 1.12 bits per heavy atom. The summed E-state index contributed by atoms with van der Waals surface area (Å²) in [4.78, 5) is 41.0. The van der Waals surface area contributed by atoms with Crippen molar-refractivity contribution in [3.8, 4) is 0 Å². The van der Waals surface area contributed by atoms with E-state index in [4.69, 9.17) is 9.15 Å². The van der Waals surface area contributed by atoms with Crippen LogP contribution in [-0.4, -0.2) is 34.6 Å². The summed E-state index contributed by atoms with van der Waals surface area (Å²) in [5.41, 5.74) is 2.96.